The lowest BCUT2D eigenvalue weighted by Gasteiger charge is -2.14. The summed E-state index contributed by atoms with van der Waals surface area (Å²) >= 11 is 1.44. The van der Waals surface area contributed by atoms with Gasteiger partial charge in [0.05, 0.1) is 10.6 Å². The van der Waals surface area contributed by atoms with Crippen LogP contribution in [0.3, 0.4) is 0 Å². The Labute approximate surface area is 79.5 Å². The molecule has 0 saturated heterocycles. The predicted molar refractivity (Wildman–Crippen MR) is 51.5 cm³/mol. The summed E-state index contributed by atoms with van der Waals surface area (Å²) in [4.78, 5) is 20.0. The van der Waals surface area contributed by atoms with Crippen LogP contribution >= 0.6 is 11.8 Å². The molecule has 0 bridgehead atoms. The van der Waals surface area contributed by atoms with Gasteiger partial charge in [0.25, 0.3) is 0 Å². The maximum Gasteiger partial charge on any atom is 0.235 e. The molecule has 0 spiro atoms. The van der Waals surface area contributed by atoms with Crippen molar-refractivity contribution in [1.82, 2.24) is 9.97 Å². The molecule has 0 aliphatic carbocycles. The molecule has 0 fully saturated rings. The van der Waals surface area contributed by atoms with Crippen LogP contribution in [0.5, 0.6) is 0 Å². The van der Waals surface area contributed by atoms with Crippen molar-refractivity contribution in [3.8, 4) is 0 Å². The molecule has 1 aliphatic heterocycles. The van der Waals surface area contributed by atoms with Crippen LogP contribution in [0.1, 0.15) is 5.82 Å². The number of hydrogen-bond donors (Lipinski definition) is 1. The first kappa shape index (κ1) is 8.25. The van der Waals surface area contributed by atoms with Crippen LogP contribution < -0.4 is 5.32 Å². The molecule has 0 atom stereocenters. The zero-order valence-electron chi connectivity index (χ0n) is 6.78. The lowest BCUT2D eigenvalue weighted by atomic mass is 10.5. The number of hydrogen-bond acceptors (Lipinski definition) is 4. The molecule has 4 nitrogen and oxygen atoms in total. The smallest absolute Gasteiger partial charge is 0.235 e. The number of nitrogens with zero attached hydrogens (tertiary/aromatic N) is 2. The van der Waals surface area contributed by atoms with E-state index in [1.807, 2.05) is 0 Å². The summed E-state index contributed by atoms with van der Waals surface area (Å²) in [6.07, 6.45) is 3.25. The summed E-state index contributed by atoms with van der Waals surface area (Å²) in [5.74, 6) is 1.53. The van der Waals surface area contributed by atoms with Crippen LogP contribution in [-0.4, -0.2) is 21.6 Å². The van der Waals surface area contributed by atoms with Crippen molar-refractivity contribution in [2.75, 3.05) is 11.1 Å². The van der Waals surface area contributed by atoms with E-state index in [0.717, 1.165) is 4.90 Å². The normalized spacial score (nSPS) is 14.6. The van der Waals surface area contributed by atoms with E-state index >= 15 is 0 Å². The minimum atomic E-state index is -0.0220. The lowest BCUT2D eigenvalue weighted by molar-refractivity contribution is -0.113. The Hall–Kier alpha value is -1.36. The fraction of sp³-hybridized carbons (Fsp3) is 0.125. The van der Waals surface area contributed by atoms with E-state index in [4.69, 9.17) is 0 Å². The highest BCUT2D eigenvalue weighted by atomic mass is 32.2. The van der Waals surface area contributed by atoms with E-state index in [1.54, 1.807) is 12.3 Å². The molecule has 13 heavy (non-hydrogen) atoms. The van der Waals surface area contributed by atoms with Crippen LogP contribution in [0.2, 0.25) is 0 Å². The largest absolute Gasteiger partial charge is 0.309 e. The number of rotatable bonds is 1. The molecule has 1 aliphatic rings. The number of aromatic nitrogens is 2. The van der Waals surface area contributed by atoms with Gasteiger partial charge in [0.2, 0.25) is 5.91 Å². The second kappa shape index (κ2) is 3.18. The highest BCUT2D eigenvalue weighted by Gasteiger charge is 2.16. The molecular formula is C8H7N3OS. The van der Waals surface area contributed by atoms with E-state index in [0.29, 0.717) is 17.4 Å². The standard InChI is InChI=1S/C8H7N3OS/c1-2-6-9-3-5-8(10-6)11-7(12)4-13-5/h2-3H,1,4H2,(H,9,10,11,12). The van der Waals surface area contributed by atoms with Gasteiger partial charge in [-0.05, 0) is 6.08 Å². The molecule has 1 N–H and O–H groups in total. The van der Waals surface area contributed by atoms with Gasteiger partial charge in [-0.1, -0.05) is 6.58 Å². The molecule has 1 amide bonds. The Morgan fingerprint density at radius 3 is 3.31 bits per heavy atom. The molecule has 1 aromatic heterocycles. The second-order valence-electron chi connectivity index (χ2n) is 2.48. The van der Waals surface area contributed by atoms with Crippen LogP contribution in [0.25, 0.3) is 6.08 Å². The lowest BCUT2D eigenvalue weighted by Crippen LogP contribution is -2.20. The van der Waals surface area contributed by atoms with Crippen molar-refractivity contribution in [2.24, 2.45) is 0 Å². The van der Waals surface area contributed by atoms with Gasteiger partial charge in [-0.2, -0.15) is 0 Å². The maximum absolute atomic E-state index is 11.0. The molecule has 1 aromatic rings. The third-order valence-electron chi connectivity index (χ3n) is 1.57. The number of amides is 1. The molecular weight excluding hydrogens is 186 g/mol. The first-order valence-corrected chi connectivity index (χ1v) is 4.70. The monoisotopic (exact) mass is 193 g/mol. The van der Waals surface area contributed by atoms with Gasteiger partial charge in [-0.3, -0.25) is 4.79 Å². The van der Waals surface area contributed by atoms with Gasteiger partial charge in [-0.25, -0.2) is 9.97 Å². The summed E-state index contributed by atoms with van der Waals surface area (Å²) in [5, 5.41) is 2.68. The molecule has 66 valence electrons. The third-order valence-corrected chi connectivity index (χ3v) is 2.59. The first-order valence-electron chi connectivity index (χ1n) is 3.72. The van der Waals surface area contributed by atoms with Gasteiger partial charge in [0, 0.05) is 6.20 Å². The average molecular weight is 193 g/mol. The number of carbonyl (C=O) groups is 1. The van der Waals surface area contributed by atoms with Gasteiger partial charge in [0.15, 0.2) is 5.82 Å². The Kier molecular flexibility index (Phi) is 2.02. The van der Waals surface area contributed by atoms with E-state index < -0.39 is 0 Å². The molecule has 0 saturated carbocycles. The number of thioether (sulfide) groups is 1. The Morgan fingerprint density at radius 2 is 2.54 bits per heavy atom. The van der Waals surface area contributed by atoms with E-state index in [-0.39, 0.29) is 5.91 Å². The van der Waals surface area contributed by atoms with E-state index in [2.05, 4.69) is 21.9 Å². The quantitative estimate of drug-likeness (QED) is 0.727. The number of nitrogens with one attached hydrogen (secondary N) is 1. The SMILES string of the molecule is C=Cc1ncc2c(n1)NC(=O)CS2. The number of fused-ring (bicyclic) bond motifs is 1. The van der Waals surface area contributed by atoms with E-state index in [1.165, 1.54) is 11.8 Å². The predicted octanol–water partition coefficient (Wildman–Crippen LogP) is 1.16. The van der Waals surface area contributed by atoms with Crippen molar-refractivity contribution in [2.45, 2.75) is 4.90 Å². The van der Waals surface area contributed by atoms with Crippen LogP contribution in [-0.2, 0) is 4.79 Å². The average Bonchev–Trinajstić information content (AvgIpc) is 2.16. The van der Waals surface area contributed by atoms with Gasteiger partial charge in [-0.15, -0.1) is 11.8 Å². The third kappa shape index (κ3) is 1.55. The Balaban J connectivity index is 2.43. The summed E-state index contributed by atoms with van der Waals surface area (Å²) in [6, 6.07) is 0. The molecule has 0 aromatic carbocycles. The van der Waals surface area contributed by atoms with Gasteiger partial charge >= 0.3 is 0 Å². The topological polar surface area (TPSA) is 54.9 Å². The zero-order valence-corrected chi connectivity index (χ0v) is 7.60. The molecule has 2 rings (SSSR count). The second-order valence-corrected chi connectivity index (χ2v) is 3.50. The maximum atomic E-state index is 11.0. The van der Waals surface area contributed by atoms with Crippen LogP contribution in [0, 0.1) is 0 Å². The molecule has 0 radical (unpaired) electrons. The summed E-state index contributed by atoms with van der Waals surface area (Å²) < 4.78 is 0. The van der Waals surface area contributed by atoms with Crippen molar-refractivity contribution in [3.05, 3.63) is 18.6 Å². The summed E-state index contributed by atoms with van der Waals surface area (Å²) in [7, 11) is 0. The first-order chi connectivity index (χ1) is 6.29. The highest BCUT2D eigenvalue weighted by Crippen LogP contribution is 2.28. The highest BCUT2D eigenvalue weighted by molar-refractivity contribution is 8.00. The minimum absolute atomic E-state index is 0.0220. The van der Waals surface area contributed by atoms with E-state index in [9.17, 15) is 4.79 Å². The molecule has 5 heteroatoms. The summed E-state index contributed by atoms with van der Waals surface area (Å²) in [6.45, 7) is 3.55. The van der Waals surface area contributed by atoms with Gasteiger partial charge in [0.1, 0.15) is 5.82 Å². The fourth-order valence-electron chi connectivity index (χ4n) is 0.989. The fourth-order valence-corrected chi connectivity index (χ4v) is 1.71. The van der Waals surface area contributed by atoms with Crippen molar-refractivity contribution in [1.29, 1.82) is 0 Å². The van der Waals surface area contributed by atoms with Crippen LogP contribution in [0.4, 0.5) is 5.82 Å². The van der Waals surface area contributed by atoms with Crippen molar-refractivity contribution in [3.63, 3.8) is 0 Å². The Bertz CT molecular complexity index is 378. The number of anilines is 1. The van der Waals surface area contributed by atoms with Crippen molar-refractivity contribution < 1.29 is 4.79 Å². The molecule has 0 unspecified atom stereocenters. The molecule has 2 heterocycles. The minimum Gasteiger partial charge on any atom is -0.309 e. The zero-order chi connectivity index (χ0) is 9.26. The van der Waals surface area contributed by atoms with Gasteiger partial charge < -0.3 is 5.32 Å². The van der Waals surface area contributed by atoms with Crippen LogP contribution in [0.15, 0.2) is 17.7 Å². The van der Waals surface area contributed by atoms with Crippen molar-refractivity contribution >= 4 is 29.6 Å². The number of carbonyl (C=O) groups excluding carboxylic acids is 1. The summed E-state index contributed by atoms with van der Waals surface area (Å²) in [5.41, 5.74) is 0. The Morgan fingerprint density at radius 1 is 1.69 bits per heavy atom.